The molecule has 1 aliphatic carbocycles. The Hall–Kier alpha value is -1.08. The fourth-order valence-electron chi connectivity index (χ4n) is 1.88. The lowest BCUT2D eigenvalue weighted by molar-refractivity contribution is 0.105. The molecule has 1 unspecified atom stereocenters. The van der Waals surface area contributed by atoms with E-state index >= 15 is 0 Å². The highest BCUT2D eigenvalue weighted by molar-refractivity contribution is 5.68. The second-order valence-corrected chi connectivity index (χ2v) is 3.43. The molecule has 1 aliphatic rings. The van der Waals surface area contributed by atoms with E-state index in [0.29, 0.717) is 0 Å². The van der Waals surface area contributed by atoms with E-state index in [0.717, 1.165) is 6.42 Å². The molecule has 1 atom stereocenters. The Morgan fingerprint density at radius 2 is 2.08 bits per heavy atom. The summed E-state index contributed by atoms with van der Waals surface area (Å²) in [5.74, 6) is 0. The van der Waals surface area contributed by atoms with Crippen LogP contribution in [0.25, 0.3) is 5.57 Å². The van der Waals surface area contributed by atoms with E-state index < -0.39 is 0 Å². The molecule has 68 valence electrons. The third-order valence-electron chi connectivity index (χ3n) is 2.66. The molecule has 0 radical (unpaired) electrons. The largest absolute Gasteiger partial charge is 0.376 e. The quantitative estimate of drug-likeness (QED) is 0.635. The number of ether oxygens (including phenoxy) is 1. The first-order valence-corrected chi connectivity index (χ1v) is 4.62. The van der Waals surface area contributed by atoms with E-state index in [4.69, 9.17) is 4.74 Å². The predicted molar refractivity (Wildman–Crippen MR) is 54.5 cm³/mol. The van der Waals surface area contributed by atoms with E-state index in [1.54, 1.807) is 7.11 Å². The minimum atomic E-state index is 0.250. The molecule has 2 rings (SSSR count). The summed E-state index contributed by atoms with van der Waals surface area (Å²) in [5, 5.41) is 0. The van der Waals surface area contributed by atoms with Gasteiger partial charge in [-0.25, -0.2) is 0 Å². The Kier molecular flexibility index (Phi) is 2.19. The van der Waals surface area contributed by atoms with E-state index in [2.05, 4.69) is 37.3 Å². The molecule has 0 saturated carbocycles. The van der Waals surface area contributed by atoms with Crippen LogP contribution in [-0.4, -0.2) is 7.11 Å². The van der Waals surface area contributed by atoms with Crippen LogP contribution in [0, 0.1) is 0 Å². The standard InChI is InChI=1S/C12H14O/c1-9-7-8-12(13-2)11-6-4-3-5-10(9)11/h3-7,12H,8H2,1-2H3. The molecule has 0 saturated heterocycles. The Balaban J connectivity index is 2.50. The molecule has 13 heavy (non-hydrogen) atoms. The van der Waals surface area contributed by atoms with Gasteiger partial charge in [0.05, 0.1) is 6.10 Å². The monoisotopic (exact) mass is 174 g/mol. The molecule has 1 heteroatoms. The van der Waals surface area contributed by atoms with Gasteiger partial charge in [-0.1, -0.05) is 30.3 Å². The van der Waals surface area contributed by atoms with Crippen molar-refractivity contribution >= 4 is 5.57 Å². The van der Waals surface area contributed by atoms with Gasteiger partial charge in [0.1, 0.15) is 0 Å². The van der Waals surface area contributed by atoms with Crippen LogP contribution in [0.3, 0.4) is 0 Å². The molecule has 0 spiro atoms. The minimum absolute atomic E-state index is 0.250. The van der Waals surface area contributed by atoms with Crippen molar-refractivity contribution in [3.05, 3.63) is 41.5 Å². The van der Waals surface area contributed by atoms with Crippen molar-refractivity contribution in [1.82, 2.24) is 0 Å². The first-order valence-electron chi connectivity index (χ1n) is 4.62. The molecule has 1 aromatic rings. The van der Waals surface area contributed by atoms with Gasteiger partial charge in [-0.15, -0.1) is 0 Å². The van der Waals surface area contributed by atoms with Crippen LogP contribution in [0.4, 0.5) is 0 Å². The molecule has 0 N–H and O–H groups in total. The number of hydrogen-bond acceptors (Lipinski definition) is 1. The maximum Gasteiger partial charge on any atom is 0.0861 e. The molecule has 0 fully saturated rings. The van der Waals surface area contributed by atoms with Gasteiger partial charge in [0.25, 0.3) is 0 Å². The molecular formula is C12H14O. The average Bonchev–Trinajstić information content (AvgIpc) is 2.19. The number of rotatable bonds is 1. The molecule has 0 amide bonds. The van der Waals surface area contributed by atoms with E-state index in [1.165, 1.54) is 16.7 Å². The van der Waals surface area contributed by atoms with Crippen LogP contribution in [0.1, 0.15) is 30.6 Å². The molecule has 0 bridgehead atoms. The van der Waals surface area contributed by atoms with Crippen LogP contribution in [0.5, 0.6) is 0 Å². The van der Waals surface area contributed by atoms with Crippen molar-refractivity contribution in [3.63, 3.8) is 0 Å². The normalized spacial score (nSPS) is 20.8. The first kappa shape index (κ1) is 8.52. The number of hydrogen-bond donors (Lipinski definition) is 0. The molecule has 0 aliphatic heterocycles. The highest BCUT2D eigenvalue weighted by Crippen LogP contribution is 2.33. The van der Waals surface area contributed by atoms with Gasteiger partial charge >= 0.3 is 0 Å². The van der Waals surface area contributed by atoms with E-state index in [-0.39, 0.29) is 6.10 Å². The maximum absolute atomic E-state index is 5.42. The molecular weight excluding hydrogens is 160 g/mol. The summed E-state index contributed by atoms with van der Waals surface area (Å²) in [6, 6.07) is 8.46. The Morgan fingerprint density at radius 3 is 2.85 bits per heavy atom. The van der Waals surface area contributed by atoms with E-state index in [1.807, 2.05) is 0 Å². The summed E-state index contributed by atoms with van der Waals surface area (Å²) >= 11 is 0. The lowest BCUT2D eigenvalue weighted by atomic mass is 9.90. The minimum Gasteiger partial charge on any atom is -0.376 e. The van der Waals surface area contributed by atoms with Gasteiger partial charge in [-0.05, 0) is 30.0 Å². The van der Waals surface area contributed by atoms with Gasteiger partial charge < -0.3 is 4.74 Å². The molecule has 1 nitrogen and oxygen atoms in total. The summed E-state index contributed by atoms with van der Waals surface area (Å²) in [5.41, 5.74) is 4.02. The Bertz CT molecular complexity index is 339. The maximum atomic E-state index is 5.42. The number of allylic oxidation sites excluding steroid dienone is 1. The highest BCUT2D eigenvalue weighted by Gasteiger charge is 2.17. The fraction of sp³-hybridized carbons (Fsp3) is 0.333. The van der Waals surface area contributed by atoms with Crippen LogP contribution >= 0.6 is 0 Å². The Morgan fingerprint density at radius 1 is 1.31 bits per heavy atom. The molecule has 0 aromatic heterocycles. The van der Waals surface area contributed by atoms with Gasteiger partial charge in [0.2, 0.25) is 0 Å². The first-order chi connectivity index (χ1) is 6.33. The van der Waals surface area contributed by atoms with Crippen LogP contribution in [0.2, 0.25) is 0 Å². The van der Waals surface area contributed by atoms with Crippen molar-refractivity contribution in [2.24, 2.45) is 0 Å². The zero-order valence-corrected chi connectivity index (χ0v) is 8.08. The second kappa shape index (κ2) is 3.35. The third-order valence-corrected chi connectivity index (χ3v) is 2.66. The number of benzene rings is 1. The average molecular weight is 174 g/mol. The highest BCUT2D eigenvalue weighted by atomic mass is 16.5. The lowest BCUT2D eigenvalue weighted by Crippen LogP contribution is -2.07. The second-order valence-electron chi connectivity index (χ2n) is 3.43. The summed E-state index contributed by atoms with van der Waals surface area (Å²) in [4.78, 5) is 0. The predicted octanol–water partition coefficient (Wildman–Crippen LogP) is 3.18. The zero-order valence-electron chi connectivity index (χ0n) is 8.08. The van der Waals surface area contributed by atoms with Crippen molar-refractivity contribution in [3.8, 4) is 0 Å². The SMILES string of the molecule is COC1CC=C(C)c2ccccc21. The molecule has 0 heterocycles. The summed E-state index contributed by atoms with van der Waals surface area (Å²) in [6.07, 6.45) is 3.50. The summed E-state index contributed by atoms with van der Waals surface area (Å²) in [6.45, 7) is 2.16. The van der Waals surface area contributed by atoms with Gasteiger partial charge in [-0.2, -0.15) is 0 Å². The zero-order chi connectivity index (χ0) is 9.26. The summed E-state index contributed by atoms with van der Waals surface area (Å²) < 4.78 is 5.42. The number of methoxy groups -OCH3 is 1. The van der Waals surface area contributed by atoms with Gasteiger partial charge in [-0.3, -0.25) is 0 Å². The van der Waals surface area contributed by atoms with Crippen molar-refractivity contribution in [1.29, 1.82) is 0 Å². The summed E-state index contributed by atoms with van der Waals surface area (Å²) in [7, 11) is 1.77. The number of fused-ring (bicyclic) bond motifs is 1. The van der Waals surface area contributed by atoms with Crippen molar-refractivity contribution < 1.29 is 4.74 Å². The molecule has 1 aromatic carbocycles. The van der Waals surface area contributed by atoms with Crippen LogP contribution in [0.15, 0.2) is 30.3 Å². The van der Waals surface area contributed by atoms with Crippen LogP contribution in [-0.2, 0) is 4.74 Å². The van der Waals surface area contributed by atoms with Crippen molar-refractivity contribution in [2.45, 2.75) is 19.4 Å². The fourth-order valence-corrected chi connectivity index (χ4v) is 1.88. The smallest absolute Gasteiger partial charge is 0.0861 e. The topological polar surface area (TPSA) is 9.23 Å². The third kappa shape index (κ3) is 1.40. The van der Waals surface area contributed by atoms with Gasteiger partial charge in [0, 0.05) is 7.11 Å². The van der Waals surface area contributed by atoms with Crippen LogP contribution < -0.4 is 0 Å². The lowest BCUT2D eigenvalue weighted by Gasteiger charge is -2.22. The van der Waals surface area contributed by atoms with Gasteiger partial charge in [0.15, 0.2) is 0 Å². The Labute approximate surface area is 79.0 Å². The van der Waals surface area contributed by atoms with E-state index in [9.17, 15) is 0 Å². The van der Waals surface area contributed by atoms with Crippen molar-refractivity contribution in [2.75, 3.05) is 7.11 Å².